The molecule has 0 aromatic heterocycles. The number of aliphatic hydroxyl groups is 1. The number of carbonyl (C=O) groups is 1. The number of fused-ring (bicyclic) bond motifs is 5. The third-order valence-corrected chi connectivity index (χ3v) is 5.60. The van der Waals surface area contributed by atoms with Crippen molar-refractivity contribution in [3.63, 3.8) is 0 Å². The van der Waals surface area contributed by atoms with Crippen LogP contribution in [-0.4, -0.2) is 59.8 Å². The lowest BCUT2D eigenvalue weighted by atomic mass is 9.97. The van der Waals surface area contributed by atoms with Crippen molar-refractivity contribution in [2.45, 2.75) is 49.2 Å². The van der Waals surface area contributed by atoms with Gasteiger partial charge in [-0.15, -0.1) is 0 Å². The van der Waals surface area contributed by atoms with E-state index >= 15 is 0 Å². The second-order valence-corrected chi connectivity index (χ2v) is 6.94. The summed E-state index contributed by atoms with van der Waals surface area (Å²) < 4.78 is 10.9. The highest BCUT2D eigenvalue weighted by Crippen LogP contribution is 2.52. The van der Waals surface area contributed by atoms with E-state index in [-0.39, 0.29) is 41.6 Å². The summed E-state index contributed by atoms with van der Waals surface area (Å²) in [5.74, 6) is -1.09. The van der Waals surface area contributed by atoms with Crippen LogP contribution in [0, 0.1) is 5.21 Å². The first-order valence-corrected chi connectivity index (χ1v) is 8.11. The molecule has 0 radical (unpaired) electrons. The smallest absolute Gasteiger partial charge is 0.316 e. The molecule has 4 rings (SSSR count). The van der Waals surface area contributed by atoms with Crippen LogP contribution in [0.3, 0.4) is 0 Å². The van der Waals surface area contributed by atoms with E-state index in [1.165, 1.54) is 0 Å². The minimum atomic E-state index is -0.672. The van der Waals surface area contributed by atoms with Gasteiger partial charge in [0.25, 0.3) is 0 Å². The summed E-state index contributed by atoms with van der Waals surface area (Å²) >= 11 is 0. The number of rotatable bonds is 4. The van der Waals surface area contributed by atoms with Gasteiger partial charge in [0, 0.05) is 12.8 Å². The standard InChI is InChI=1S/C17H21NO5/c1-18(21)13-7-11(8-14(18)16-15(13)23-16)22-17(20)12(9-19)10-5-3-2-4-6-10/h2-6,11-16,19H,7-9H2,1H3/t11?,12?,13-,14-,15-,16+,18?/m0/s1. The normalized spacial score (nSPS) is 42.0. The first-order valence-electron chi connectivity index (χ1n) is 8.11. The fourth-order valence-electron chi connectivity index (χ4n) is 4.25. The first kappa shape index (κ1) is 15.1. The molecule has 3 heterocycles. The van der Waals surface area contributed by atoms with Gasteiger partial charge in [-0.2, -0.15) is 0 Å². The Labute approximate surface area is 134 Å². The van der Waals surface area contributed by atoms with Crippen LogP contribution < -0.4 is 0 Å². The van der Waals surface area contributed by atoms with Crippen molar-refractivity contribution in [3.8, 4) is 0 Å². The molecular weight excluding hydrogens is 298 g/mol. The maximum absolute atomic E-state index is 12.6. The van der Waals surface area contributed by atoms with Gasteiger partial charge < -0.3 is 24.4 Å². The molecule has 1 aromatic carbocycles. The molecule has 6 nitrogen and oxygen atoms in total. The van der Waals surface area contributed by atoms with Crippen LogP contribution in [0.25, 0.3) is 0 Å². The van der Waals surface area contributed by atoms with Gasteiger partial charge in [0.1, 0.15) is 36.3 Å². The summed E-state index contributed by atoms with van der Waals surface area (Å²) in [6.45, 7) is -0.286. The molecule has 3 unspecified atom stereocenters. The number of epoxide rings is 1. The first-order chi connectivity index (χ1) is 11.0. The average molecular weight is 319 g/mol. The van der Waals surface area contributed by atoms with Crippen LogP contribution in [0.1, 0.15) is 24.3 Å². The number of likely N-dealkylation sites (N-methyl/N-ethyl adjacent to an activating group) is 1. The van der Waals surface area contributed by atoms with Crippen molar-refractivity contribution in [2.75, 3.05) is 13.7 Å². The second-order valence-electron chi connectivity index (χ2n) is 6.94. The Hall–Kier alpha value is -1.47. The number of quaternary nitrogens is 1. The molecule has 3 fully saturated rings. The van der Waals surface area contributed by atoms with Gasteiger partial charge in [-0.3, -0.25) is 4.79 Å². The summed E-state index contributed by atoms with van der Waals surface area (Å²) in [5, 5.41) is 22.2. The molecule has 7 atom stereocenters. The van der Waals surface area contributed by atoms with Crippen molar-refractivity contribution in [3.05, 3.63) is 41.1 Å². The van der Waals surface area contributed by atoms with Crippen molar-refractivity contribution in [2.24, 2.45) is 0 Å². The zero-order chi connectivity index (χ0) is 16.2. The van der Waals surface area contributed by atoms with Crippen molar-refractivity contribution in [1.82, 2.24) is 0 Å². The molecule has 0 amide bonds. The summed E-state index contributed by atoms with van der Waals surface area (Å²) in [5.41, 5.74) is 0.745. The van der Waals surface area contributed by atoms with Gasteiger partial charge in [-0.05, 0) is 5.56 Å². The van der Waals surface area contributed by atoms with Crippen molar-refractivity contribution < 1.29 is 24.0 Å². The minimum absolute atomic E-state index is 0.0361. The molecule has 3 saturated heterocycles. The lowest BCUT2D eigenvalue weighted by Gasteiger charge is -2.51. The largest absolute Gasteiger partial charge is 0.632 e. The molecule has 0 aliphatic carbocycles. The molecule has 1 aromatic rings. The zero-order valence-corrected chi connectivity index (χ0v) is 13.0. The number of benzene rings is 1. The van der Waals surface area contributed by atoms with Gasteiger partial charge in [-0.25, -0.2) is 0 Å². The second kappa shape index (κ2) is 5.27. The van der Waals surface area contributed by atoms with E-state index in [1.54, 1.807) is 19.2 Å². The molecule has 0 spiro atoms. The SMILES string of the molecule is C[N+]1([O-])[C@H]2CC(OC(=O)C(CO)c3ccccc3)C[C@H]1[C@H]1O[C@H]12. The Kier molecular flexibility index (Phi) is 3.46. The highest BCUT2D eigenvalue weighted by molar-refractivity contribution is 5.78. The molecule has 1 N–H and O–H groups in total. The number of ether oxygens (including phenoxy) is 2. The van der Waals surface area contributed by atoms with Gasteiger partial charge in [-0.1, -0.05) is 30.3 Å². The predicted molar refractivity (Wildman–Crippen MR) is 81.2 cm³/mol. The van der Waals surface area contributed by atoms with Crippen molar-refractivity contribution >= 4 is 5.97 Å². The maximum Gasteiger partial charge on any atom is 0.316 e. The molecular formula is C17H21NO5. The van der Waals surface area contributed by atoms with E-state index in [2.05, 4.69) is 0 Å². The Morgan fingerprint density at radius 2 is 1.96 bits per heavy atom. The molecule has 0 saturated carbocycles. The van der Waals surface area contributed by atoms with Crippen LogP contribution in [-0.2, 0) is 14.3 Å². The lowest BCUT2D eigenvalue weighted by Crippen LogP contribution is -2.58. The quantitative estimate of drug-likeness (QED) is 0.386. The van der Waals surface area contributed by atoms with E-state index in [4.69, 9.17) is 9.47 Å². The van der Waals surface area contributed by atoms with Crippen molar-refractivity contribution in [1.29, 1.82) is 0 Å². The van der Waals surface area contributed by atoms with E-state index in [1.807, 2.05) is 18.2 Å². The number of nitrogens with zero attached hydrogens (tertiary/aromatic N) is 1. The number of esters is 1. The van der Waals surface area contributed by atoms with Crippen LogP contribution >= 0.6 is 0 Å². The van der Waals surface area contributed by atoms with E-state index < -0.39 is 11.9 Å². The maximum atomic E-state index is 12.6. The summed E-state index contributed by atoms with van der Waals surface area (Å²) in [6.07, 6.45) is 0.891. The molecule has 6 heteroatoms. The van der Waals surface area contributed by atoms with Gasteiger partial charge in [0.05, 0.1) is 13.7 Å². The fourth-order valence-corrected chi connectivity index (χ4v) is 4.25. The van der Waals surface area contributed by atoms with Gasteiger partial charge in [0.15, 0.2) is 0 Å². The van der Waals surface area contributed by atoms with Gasteiger partial charge in [0.2, 0.25) is 0 Å². The Morgan fingerprint density at radius 1 is 1.35 bits per heavy atom. The Morgan fingerprint density at radius 3 is 2.52 bits per heavy atom. The van der Waals surface area contributed by atoms with Crippen LogP contribution in [0.5, 0.6) is 0 Å². The number of carbonyl (C=O) groups excluding carboxylic acids is 1. The molecule has 124 valence electrons. The van der Waals surface area contributed by atoms with E-state index in [0.29, 0.717) is 12.8 Å². The predicted octanol–water partition coefficient (Wildman–Crippen LogP) is 0.931. The number of piperidine rings is 1. The average Bonchev–Trinajstić information content (AvgIpc) is 3.27. The number of aliphatic hydroxyl groups excluding tert-OH is 1. The topological polar surface area (TPSA) is 82.1 Å². The summed E-state index contributed by atoms with van der Waals surface area (Å²) in [7, 11) is 1.70. The van der Waals surface area contributed by atoms with Crippen LogP contribution in [0.2, 0.25) is 0 Å². The number of hydrogen-bond donors (Lipinski definition) is 1. The van der Waals surface area contributed by atoms with E-state index in [9.17, 15) is 15.1 Å². The fraction of sp³-hybridized carbons (Fsp3) is 0.588. The molecule has 3 aliphatic heterocycles. The minimum Gasteiger partial charge on any atom is -0.632 e. The van der Waals surface area contributed by atoms with Crippen LogP contribution in [0.15, 0.2) is 30.3 Å². The number of morpholine rings is 1. The zero-order valence-electron chi connectivity index (χ0n) is 13.0. The third-order valence-electron chi connectivity index (χ3n) is 5.60. The summed E-state index contributed by atoms with van der Waals surface area (Å²) in [4.78, 5) is 12.4. The molecule has 3 aliphatic rings. The van der Waals surface area contributed by atoms with E-state index in [0.717, 1.165) is 5.56 Å². The third kappa shape index (κ3) is 2.37. The monoisotopic (exact) mass is 319 g/mol. The lowest BCUT2D eigenvalue weighted by molar-refractivity contribution is -0.911. The summed E-state index contributed by atoms with van der Waals surface area (Å²) in [6, 6.07) is 8.86. The number of hydroxylamine groups is 3. The van der Waals surface area contributed by atoms with Crippen LogP contribution in [0.4, 0.5) is 0 Å². The van der Waals surface area contributed by atoms with Gasteiger partial charge >= 0.3 is 5.97 Å². The molecule has 2 bridgehead atoms. The Balaban J connectivity index is 1.44. The highest BCUT2D eigenvalue weighted by Gasteiger charge is 2.69. The number of hydrogen-bond acceptors (Lipinski definition) is 5. The molecule has 23 heavy (non-hydrogen) atoms. The highest BCUT2D eigenvalue weighted by atomic mass is 16.6. The Bertz CT molecular complexity index is 584.